The minimum atomic E-state index is -0.705. The average Bonchev–Trinajstić information content (AvgIpc) is 3.17. The van der Waals surface area contributed by atoms with Crippen LogP contribution in [0, 0.1) is 11.6 Å². The van der Waals surface area contributed by atoms with Gasteiger partial charge in [0.25, 0.3) is 5.91 Å². The van der Waals surface area contributed by atoms with E-state index in [9.17, 15) is 13.6 Å². The minimum Gasteiger partial charge on any atom is -0.340 e. The van der Waals surface area contributed by atoms with Crippen molar-refractivity contribution in [2.45, 2.75) is 0 Å². The number of thiazole rings is 1. The lowest BCUT2D eigenvalue weighted by Crippen LogP contribution is -2.12. The van der Waals surface area contributed by atoms with E-state index in [1.54, 1.807) is 41.9 Å². The fourth-order valence-corrected chi connectivity index (χ4v) is 3.30. The lowest BCUT2D eigenvalue weighted by molar-refractivity contribution is 0.102. The molecule has 144 valence electrons. The van der Waals surface area contributed by atoms with Crippen LogP contribution in [0.25, 0.3) is 10.6 Å². The summed E-state index contributed by atoms with van der Waals surface area (Å²) in [6.07, 6.45) is 3.06. The Bertz CT molecular complexity index is 1150. The van der Waals surface area contributed by atoms with Crippen LogP contribution in [-0.2, 0) is 0 Å². The number of rotatable bonds is 5. The second-order valence-corrected chi connectivity index (χ2v) is 6.77. The highest BCUT2D eigenvalue weighted by Gasteiger charge is 2.13. The summed E-state index contributed by atoms with van der Waals surface area (Å²) in [6, 6.07) is 11.8. The van der Waals surface area contributed by atoms with E-state index < -0.39 is 11.6 Å². The number of amides is 1. The van der Waals surface area contributed by atoms with Gasteiger partial charge in [0.05, 0.1) is 0 Å². The Kier molecular flexibility index (Phi) is 5.21. The van der Waals surface area contributed by atoms with E-state index in [2.05, 4.69) is 25.6 Å². The molecule has 29 heavy (non-hydrogen) atoms. The van der Waals surface area contributed by atoms with Gasteiger partial charge in [0, 0.05) is 34.5 Å². The third-order valence-electron chi connectivity index (χ3n) is 3.91. The van der Waals surface area contributed by atoms with Gasteiger partial charge in [-0.3, -0.25) is 4.79 Å². The summed E-state index contributed by atoms with van der Waals surface area (Å²) in [6.45, 7) is 0. The van der Waals surface area contributed by atoms with Crippen LogP contribution in [-0.4, -0.2) is 20.9 Å². The van der Waals surface area contributed by atoms with Crippen LogP contribution in [0.2, 0.25) is 0 Å². The molecule has 0 atom stereocenters. The van der Waals surface area contributed by atoms with Crippen molar-refractivity contribution in [3.05, 3.63) is 83.6 Å². The molecule has 0 aliphatic carbocycles. The van der Waals surface area contributed by atoms with E-state index in [0.29, 0.717) is 22.2 Å². The predicted octanol–water partition coefficient (Wildman–Crippen LogP) is 4.87. The predicted molar refractivity (Wildman–Crippen MR) is 107 cm³/mol. The lowest BCUT2D eigenvalue weighted by atomic mass is 10.2. The lowest BCUT2D eigenvalue weighted by Gasteiger charge is -2.06. The normalized spacial score (nSPS) is 10.6. The Hall–Kier alpha value is -3.72. The Morgan fingerprint density at radius 3 is 2.55 bits per heavy atom. The number of halogens is 2. The molecule has 0 spiro atoms. The fourth-order valence-electron chi connectivity index (χ4n) is 2.52. The number of carbonyl (C=O) groups is 1. The molecule has 0 bridgehead atoms. The first kappa shape index (κ1) is 18.6. The van der Waals surface area contributed by atoms with E-state index in [1.165, 1.54) is 12.4 Å². The molecule has 2 aromatic carbocycles. The number of nitrogens with one attached hydrogen (secondary N) is 2. The van der Waals surface area contributed by atoms with Crippen molar-refractivity contribution in [3.63, 3.8) is 0 Å². The number of anilines is 3. The molecular formula is C20H13F2N5OS. The SMILES string of the molecule is O=C(Nc1csc(-c2ccc(F)cc2F)n1)c1ccc(Nc2ccncn2)cc1. The van der Waals surface area contributed by atoms with Crippen molar-refractivity contribution in [2.24, 2.45) is 0 Å². The fraction of sp³-hybridized carbons (Fsp3) is 0. The first-order valence-electron chi connectivity index (χ1n) is 8.44. The van der Waals surface area contributed by atoms with Crippen molar-refractivity contribution in [1.82, 2.24) is 15.0 Å². The number of carbonyl (C=O) groups excluding carboxylic acids is 1. The zero-order valence-electron chi connectivity index (χ0n) is 14.8. The highest BCUT2D eigenvalue weighted by atomic mass is 32.1. The van der Waals surface area contributed by atoms with Gasteiger partial charge in [0.15, 0.2) is 0 Å². The van der Waals surface area contributed by atoms with Crippen LogP contribution in [0.4, 0.5) is 26.1 Å². The Labute approximate surface area is 168 Å². The zero-order chi connectivity index (χ0) is 20.2. The minimum absolute atomic E-state index is 0.178. The van der Waals surface area contributed by atoms with Gasteiger partial charge in [-0.15, -0.1) is 11.3 Å². The van der Waals surface area contributed by atoms with Crippen LogP contribution >= 0.6 is 11.3 Å². The maximum absolute atomic E-state index is 13.9. The van der Waals surface area contributed by atoms with Crippen molar-refractivity contribution in [2.75, 3.05) is 10.6 Å². The second kappa shape index (κ2) is 8.11. The van der Waals surface area contributed by atoms with Crippen LogP contribution in [0.1, 0.15) is 10.4 Å². The number of hydrogen-bond donors (Lipinski definition) is 2. The molecule has 4 rings (SSSR count). The number of hydrogen-bond acceptors (Lipinski definition) is 6. The highest BCUT2D eigenvalue weighted by Crippen LogP contribution is 2.28. The van der Waals surface area contributed by atoms with Gasteiger partial charge in [-0.1, -0.05) is 0 Å². The van der Waals surface area contributed by atoms with E-state index >= 15 is 0 Å². The van der Waals surface area contributed by atoms with E-state index in [0.717, 1.165) is 29.2 Å². The molecule has 4 aromatic rings. The van der Waals surface area contributed by atoms with Crippen LogP contribution in [0.3, 0.4) is 0 Å². The Balaban J connectivity index is 1.44. The summed E-state index contributed by atoms with van der Waals surface area (Å²) in [5, 5.41) is 7.71. The summed E-state index contributed by atoms with van der Waals surface area (Å²) in [7, 11) is 0. The monoisotopic (exact) mass is 409 g/mol. The maximum atomic E-state index is 13.9. The molecule has 1 amide bonds. The van der Waals surface area contributed by atoms with E-state index in [1.807, 2.05) is 0 Å². The molecular weight excluding hydrogens is 396 g/mol. The number of nitrogens with zero attached hydrogens (tertiary/aromatic N) is 3. The summed E-state index contributed by atoms with van der Waals surface area (Å²) < 4.78 is 26.9. The summed E-state index contributed by atoms with van der Waals surface area (Å²) in [4.78, 5) is 24.6. The van der Waals surface area contributed by atoms with Crippen molar-refractivity contribution < 1.29 is 13.6 Å². The van der Waals surface area contributed by atoms with Gasteiger partial charge in [-0.05, 0) is 42.5 Å². The van der Waals surface area contributed by atoms with E-state index in [-0.39, 0.29) is 11.5 Å². The molecule has 0 fully saturated rings. The molecule has 0 saturated carbocycles. The van der Waals surface area contributed by atoms with Gasteiger partial charge in [0.1, 0.15) is 34.6 Å². The van der Waals surface area contributed by atoms with Gasteiger partial charge in [-0.2, -0.15) is 0 Å². The van der Waals surface area contributed by atoms with Crippen LogP contribution in [0.15, 0.2) is 66.4 Å². The zero-order valence-corrected chi connectivity index (χ0v) is 15.6. The molecule has 9 heteroatoms. The first-order chi connectivity index (χ1) is 14.1. The van der Waals surface area contributed by atoms with Crippen molar-refractivity contribution in [1.29, 1.82) is 0 Å². The number of aromatic nitrogens is 3. The van der Waals surface area contributed by atoms with Gasteiger partial charge >= 0.3 is 0 Å². The molecule has 2 aromatic heterocycles. The topological polar surface area (TPSA) is 79.8 Å². The molecule has 0 aliphatic heterocycles. The van der Waals surface area contributed by atoms with Crippen LogP contribution in [0.5, 0.6) is 0 Å². The Morgan fingerprint density at radius 2 is 1.83 bits per heavy atom. The average molecular weight is 409 g/mol. The van der Waals surface area contributed by atoms with Gasteiger partial charge < -0.3 is 10.6 Å². The molecule has 0 radical (unpaired) electrons. The van der Waals surface area contributed by atoms with E-state index in [4.69, 9.17) is 0 Å². The standard InChI is InChI=1S/C20H13F2N5OS/c21-13-3-6-15(16(22)9-13)20-27-18(10-29-20)26-19(28)12-1-4-14(5-2-12)25-17-7-8-23-11-24-17/h1-11H,(H,26,28)(H,23,24,25). The summed E-state index contributed by atoms with van der Waals surface area (Å²) in [5.41, 5.74) is 1.38. The van der Waals surface area contributed by atoms with Crippen molar-refractivity contribution >= 4 is 34.6 Å². The molecule has 2 heterocycles. The molecule has 2 N–H and O–H groups in total. The third kappa shape index (κ3) is 4.41. The maximum Gasteiger partial charge on any atom is 0.256 e. The Morgan fingerprint density at radius 1 is 1.00 bits per heavy atom. The molecule has 0 saturated heterocycles. The van der Waals surface area contributed by atoms with Crippen molar-refractivity contribution in [3.8, 4) is 10.6 Å². The summed E-state index contributed by atoms with van der Waals surface area (Å²) >= 11 is 1.15. The first-order valence-corrected chi connectivity index (χ1v) is 9.32. The van der Waals surface area contributed by atoms with Crippen LogP contribution < -0.4 is 10.6 Å². The second-order valence-electron chi connectivity index (χ2n) is 5.91. The quantitative estimate of drug-likeness (QED) is 0.491. The van der Waals surface area contributed by atoms with Gasteiger partial charge in [-0.25, -0.2) is 23.7 Å². The largest absolute Gasteiger partial charge is 0.340 e. The number of benzene rings is 2. The molecule has 6 nitrogen and oxygen atoms in total. The smallest absolute Gasteiger partial charge is 0.256 e. The third-order valence-corrected chi connectivity index (χ3v) is 4.78. The molecule has 0 unspecified atom stereocenters. The highest BCUT2D eigenvalue weighted by molar-refractivity contribution is 7.13. The summed E-state index contributed by atoms with van der Waals surface area (Å²) in [5.74, 6) is -0.782. The molecule has 0 aliphatic rings. The van der Waals surface area contributed by atoms with Gasteiger partial charge in [0.2, 0.25) is 0 Å².